The number of aromatic nitrogens is 2. The number of esters is 1. The second-order valence-electron chi connectivity index (χ2n) is 5.27. The van der Waals surface area contributed by atoms with Gasteiger partial charge in [-0.15, -0.1) is 0 Å². The molecule has 0 aliphatic heterocycles. The molecule has 2 N–H and O–H groups in total. The van der Waals surface area contributed by atoms with Crippen molar-refractivity contribution in [2.45, 2.75) is 18.5 Å². The van der Waals surface area contributed by atoms with Gasteiger partial charge in [-0.3, -0.25) is 19.2 Å². The number of H-pyrrole nitrogens is 1. The number of anilines is 1. The van der Waals surface area contributed by atoms with Crippen LogP contribution in [0.5, 0.6) is 0 Å². The van der Waals surface area contributed by atoms with Gasteiger partial charge in [-0.2, -0.15) is 0 Å². The third kappa shape index (κ3) is 5.85. The van der Waals surface area contributed by atoms with Crippen molar-refractivity contribution in [2.75, 3.05) is 18.2 Å². The average molecular weight is 375 g/mol. The molecule has 0 radical (unpaired) electrons. The minimum absolute atomic E-state index is 0.0130. The Labute approximate surface area is 153 Å². The van der Waals surface area contributed by atoms with E-state index in [0.29, 0.717) is 11.3 Å². The Bertz CT molecular complexity index is 877. The molecule has 0 fully saturated rings. The van der Waals surface area contributed by atoms with Crippen LogP contribution in [0.4, 0.5) is 5.69 Å². The van der Waals surface area contributed by atoms with E-state index in [1.54, 1.807) is 24.3 Å². The fourth-order valence-electron chi connectivity index (χ4n) is 1.98. The van der Waals surface area contributed by atoms with E-state index >= 15 is 0 Å². The van der Waals surface area contributed by atoms with Gasteiger partial charge in [0.25, 0.3) is 5.56 Å². The fourth-order valence-corrected chi connectivity index (χ4v) is 2.68. The summed E-state index contributed by atoms with van der Waals surface area (Å²) < 4.78 is 4.54. The molecular formula is C17H17N3O5S. The molecule has 1 aromatic carbocycles. The summed E-state index contributed by atoms with van der Waals surface area (Å²) in [5.74, 6) is -0.850. The highest BCUT2D eigenvalue weighted by Gasteiger charge is 2.10. The Balaban J connectivity index is 1.95. The van der Waals surface area contributed by atoms with Crippen molar-refractivity contribution in [1.29, 1.82) is 0 Å². The van der Waals surface area contributed by atoms with Crippen LogP contribution in [0.2, 0.25) is 0 Å². The summed E-state index contributed by atoms with van der Waals surface area (Å²) >= 11 is 1.03. The first-order chi connectivity index (χ1) is 12.4. The second-order valence-corrected chi connectivity index (χ2v) is 6.23. The first-order valence-corrected chi connectivity index (χ1v) is 8.56. The Kier molecular flexibility index (Phi) is 6.67. The van der Waals surface area contributed by atoms with E-state index in [0.717, 1.165) is 11.8 Å². The maximum Gasteiger partial charge on any atom is 0.311 e. The molecule has 2 aromatic rings. The molecule has 26 heavy (non-hydrogen) atoms. The van der Waals surface area contributed by atoms with Crippen LogP contribution >= 0.6 is 11.8 Å². The van der Waals surface area contributed by atoms with Gasteiger partial charge in [0.15, 0.2) is 10.9 Å². The second kappa shape index (κ2) is 8.95. The zero-order chi connectivity index (χ0) is 19.1. The van der Waals surface area contributed by atoms with Gasteiger partial charge in [0.2, 0.25) is 5.91 Å². The molecule has 0 aliphatic rings. The predicted octanol–water partition coefficient (Wildman–Crippen LogP) is 1.42. The number of ether oxygens (including phenoxy) is 1. The summed E-state index contributed by atoms with van der Waals surface area (Å²) in [5.41, 5.74) is 0.966. The molecule has 1 amide bonds. The van der Waals surface area contributed by atoms with Crippen LogP contribution in [-0.4, -0.2) is 40.5 Å². The fraction of sp³-hybridized carbons (Fsp3) is 0.235. The number of carbonyl (C=O) groups excluding carboxylic acids is 3. The van der Waals surface area contributed by atoms with Crippen LogP contribution in [0, 0.1) is 0 Å². The maximum absolute atomic E-state index is 12.0. The van der Waals surface area contributed by atoms with Crippen LogP contribution < -0.4 is 10.9 Å². The van der Waals surface area contributed by atoms with Gasteiger partial charge in [0.1, 0.15) is 0 Å². The van der Waals surface area contributed by atoms with Crippen molar-refractivity contribution >= 4 is 35.1 Å². The van der Waals surface area contributed by atoms with E-state index in [9.17, 15) is 19.2 Å². The number of hydrogen-bond acceptors (Lipinski definition) is 7. The van der Waals surface area contributed by atoms with Crippen LogP contribution in [-0.2, 0) is 20.7 Å². The van der Waals surface area contributed by atoms with Gasteiger partial charge in [-0.25, -0.2) is 4.98 Å². The zero-order valence-corrected chi connectivity index (χ0v) is 15.0. The van der Waals surface area contributed by atoms with Gasteiger partial charge >= 0.3 is 5.97 Å². The average Bonchev–Trinajstić information content (AvgIpc) is 2.60. The summed E-state index contributed by atoms with van der Waals surface area (Å²) in [4.78, 5) is 52.7. The Morgan fingerprint density at radius 3 is 2.54 bits per heavy atom. The van der Waals surface area contributed by atoms with E-state index in [2.05, 4.69) is 20.0 Å². The zero-order valence-electron chi connectivity index (χ0n) is 14.2. The van der Waals surface area contributed by atoms with Crippen LogP contribution in [0.1, 0.15) is 23.0 Å². The number of amides is 1. The highest BCUT2D eigenvalue weighted by Crippen LogP contribution is 2.14. The Morgan fingerprint density at radius 2 is 1.92 bits per heavy atom. The number of rotatable bonds is 7. The summed E-state index contributed by atoms with van der Waals surface area (Å²) in [7, 11) is 1.25. The number of ketones is 1. The monoisotopic (exact) mass is 375 g/mol. The molecule has 0 aliphatic carbocycles. The highest BCUT2D eigenvalue weighted by atomic mass is 32.2. The van der Waals surface area contributed by atoms with Crippen molar-refractivity contribution in [3.63, 3.8) is 0 Å². The summed E-state index contributed by atoms with van der Waals surface area (Å²) in [6.45, 7) is 1.46. The topological polar surface area (TPSA) is 118 Å². The Hall–Kier alpha value is -2.94. The normalized spacial score (nSPS) is 10.2. The number of hydrogen-bond donors (Lipinski definition) is 2. The lowest BCUT2D eigenvalue weighted by Gasteiger charge is -2.06. The van der Waals surface area contributed by atoms with Crippen LogP contribution in [0.3, 0.4) is 0 Å². The van der Waals surface area contributed by atoms with Crippen molar-refractivity contribution in [3.05, 3.63) is 51.9 Å². The van der Waals surface area contributed by atoms with Gasteiger partial charge < -0.3 is 15.0 Å². The minimum atomic E-state index is -0.509. The van der Waals surface area contributed by atoms with E-state index in [1.165, 1.54) is 20.1 Å². The summed E-state index contributed by atoms with van der Waals surface area (Å²) in [5, 5.41) is 2.92. The van der Waals surface area contributed by atoms with Crippen molar-refractivity contribution in [3.8, 4) is 0 Å². The number of benzene rings is 1. The first kappa shape index (κ1) is 19.4. The maximum atomic E-state index is 12.0. The molecule has 0 spiro atoms. The summed E-state index contributed by atoms with van der Waals surface area (Å²) in [6.07, 6.45) is -0.122. The van der Waals surface area contributed by atoms with Crippen LogP contribution in [0.25, 0.3) is 0 Å². The number of aromatic amines is 1. The molecule has 0 saturated heterocycles. The summed E-state index contributed by atoms with van der Waals surface area (Å²) in [6, 6.07) is 7.73. The standard InChI is InChI=1S/C17H17N3O5S/c1-10(21)11-3-5-12(6-4-11)18-15(23)9-26-17-19-13(7-14(22)20-17)8-16(24)25-2/h3-7H,8-9H2,1-2H3,(H,18,23)(H,19,20,22). The van der Waals surface area contributed by atoms with E-state index in [4.69, 9.17) is 0 Å². The third-order valence-electron chi connectivity index (χ3n) is 3.24. The lowest BCUT2D eigenvalue weighted by molar-refractivity contribution is -0.139. The van der Waals surface area contributed by atoms with Crippen molar-refractivity contribution in [2.24, 2.45) is 0 Å². The number of Topliss-reactive ketones (excluding diaryl/α,β-unsaturated/α-hetero) is 1. The molecule has 0 saturated carbocycles. The molecule has 9 heteroatoms. The molecular weight excluding hydrogens is 358 g/mol. The van der Waals surface area contributed by atoms with Crippen molar-refractivity contribution in [1.82, 2.24) is 9.97 Å². The molecule has 0 atom stereocenters. The highest BCUT2D eigenvalue weighted by molar-refractivity contribution is 7.99. The molecule has 136 valence electrons. The molecule has 8 nitrogen and oxygen atoms in total. The number of nitrogens with one attached hydrogen (secondary N) is 2. The minimum Gasteiger partial charge on any atom is -0.469 e. The van der Waals surface area contributed by atoms with Crippen LogP contribution in [0.15, 0.2) is 40.3 Å². The lowest BCUT2D eigenvalue weighted by atomic mass is 10.1. The third-order valence-corrected chi connectivity index (χ3v) is 4.11. The number of carbonyl (C=O) groups is 3. The largest absolute Gasteiger partial charge is 0.469 e. The van der Waals surface area contributed by atoms with Gasteiger partial charge in [0.05, 0.1) is 25.0 Å². The van der Waals surface area contributed by atoms with E-state index < -0.39 is 11.5 Å². The lowest BCUT2D eigenvalue weighted by Crippen LogP contribution is -2.17. The van der Waals surface area contributed by atoms with E-state index in [1.807, 2.05) is 0 Å². The smallest absolute Gasteiger partial charge is 0.311 e. The number of nitrogens with zero attached hydrogens (tertiary/aromatic N) is 1. The molecule has 0 bridgehead atoms. The van der Waals surface area contributed by atoms with E-state index in [-0.39, 0.29) is 34.7 Å². The SMILES string of the molecule is COC(=O)Cc1cc(=O)[nH]c(SCC(=O)Nc2ccc(C(C)=O)cc2)n1. The van der Waals surface area contributed by atoms with Crippen molar-refractivity contribution < 1.29 is 19.1 Å². The molecule has 0 unspecified atom stereocenters. The molecule has 1 heterocycles. The first-order valence-electron chi connectivity index (χ1n) is 7.58. The molecule has 1 aromatic heterocycles. The number of methoxy groups -OCH3 is 1. The van der Waals surface area contributed by atoms with Gasteiger partial charge in [0, 0.05) is 17.3 Å². The quantitative estimate of drug-likeness (QED) is 0.325. The predicted molar refractivity (Wildman–Crippen MR) is 96.4 cm³/mol. The Morgan fingerprint density at radius 1 is 1.23 bits per heavy atom. The molecule has 2 rings (SSSR count). The van der Waals surface area contributed by atoms with Gasteiger partial charge in [-0.1, -0.05) is 11.8 Å². The number of thioether (sulfide) groups is 1. The van der Waals surface area contributed by atoms with Gasteiger partial charge in [-0.05, 0) is 31.2 Å².